The molecule has 0 bridgehead atoms. The average molecular weight is 405 g/mol. The Morgan fingerprint density at radius 1 is 0.964 bits per heavy atom. The van der Waals surface area contributed by atoms with E-state index in [1.54, 1.807) is 24.6 Å². The number of rotatable bonds is 4. The highest BCUT2D eigenvalue weighted by Gasteiger charge is 2.17. The predicted molar refractivity (Wildman–Crippen MR) is 115 cm³/mol. The molecule has 4 nitrogen and oxygen atoms in total. The summed E-state index contributed by atoms with van der Waals surface area (Å²) in [7, 11) is 1.69. The fourth-order valence-corrected chi connectivity index (χ4v) is 4.92. The SMILES string of the molecule is COc1ccc2ncc3sccc3c2c1-c1ccc(C(O)c2nccs2)cc1. The lowest BCUT2D eigenvalue weighted by Crippen LogP contribution is -1.99. The number of nitrogens with zero attached hydrogens (tertiary/aromatic N) is 2. The normalized spacial score (nSPS) is 12.5. The Kier molecular flexibility index (Phi) is 4.31. The van der Waals surface area contributed by atoms with Crippen LogP contribution in [0, 0.1) is 0 Å². The van der Waals surface area contributed by atoms with Crippen LogP contribution in [0.5, 0.6) is 5.75 Å². The highest BCUT2D eigenvalue weighted by Crippen LogP contribution is 2.41. The maximum atomic E-state index is 10.5. The standard InChI is InChI=1S/C22H16N2O2S2/c1-26-17-7-6-16-20(15-8-10-27-18(15)12-24-16)19(17)13-2-4-14(5-3-13)21(25)22-23-9-11-28-22/h2-12,21,25H,1H3. The summed E-state index contributed by atoms with van der Waals surface area (Å²) < 4.78 is 6.84. The van der Waals surface area contributed by atoms with Crippen molar-refractivity contribution in [2.24, 2.45) is 0 Å². The van der Waals surface area contributed by atoms with E-state index in [0.29, 0.717) is 5.01 Å². The molecule has 0 saturated carbocycles. The third-order valence-corrected chi connectivity index (χ3v) is 6.53. The van der Waals surface area contributed by atoms with Crippen LogP contribution in [0.1, 0.15) is 16.7 Å². The van der Waals surface area contributed by atoms with Crippen molar-refractivity contribution in [3.63, 3.8) is 0 Å². The van der Waals surface area contributed by atoms with Gasteiger partial charge in [-0.05, 0) is 34.7 Å². The Morgan fingerprint density at radius 2 is 1.82 bits per heavy atom. The molecule has 5 aromatic rings. The van der Waals surface area contributed by atoms with Gasteiger partial charge in [-0.3, -0.25) is 4.98 Å². The Balaban J connectivity index is 1.69. The van der Waals surface area contributed by atoms with E-state index in [2.05, 4.69) is 21.4 Å². The summed E-state index contributed by atoms with van der Waals surface area (Å²) in [5.41, 5.74) is 3.80. The minimum absolute atomic E-state index is 0.694. The van der Waals surface area contributed by atoms with E-state index in [9.17, 15) is 5.11 Å². The van der Waals surface area contributed by atoms with Gasteiger partial charge in [0.15, 0.2) is 0 Å². The minimum atomic E-state index is -0.714. The highest BCUT2D eigenvalue weighted by atomic mass is 32.1. The summed E-state index contributed by atoms with van der Waals surface area (Å²) in [6.45, 7) is 0. The van der Waals surface area contributed by atoms with Crippen molar-refractivity contribution in [3.05, 3.63) is 76.2 Å². The van der Waals surface area contributed by atoms with Gasteiger partial charge in [-0.1, -0.05) is 24.3 Å². The predicted octanol–water partition coefficient (Wildman–Crippen LogP) is 5.66. The van der Waals surface area contributed by atoms with Crippen LogP contribution >= 0.6 is 22.7 Å². The summed E-state index contributed by atoms with van der Waals surface area (Å²) in [5, 5.41) is 17.5. The van der Waals surface area contributed by atoms with Crippen molar-refractivity contribution < 1.29 is 9.84 Å². The number of pyridine rings is 1. The number of ether oxygens (including phenoxy) is 1. The number of aromatic nitrogens is 2. The monoisotopic (exact) mass is 404 g/mol. The Labute approximate surface area is 169 Å². The number of hydrogen-bond donors (Lipinski definition) is 1. The number of benzene rings is 2. The molecular formula is C22H16N2O2S2. The number of aliphatic hydroxyl groups excluding tert-OH is 1. The molecule has 2 aromatic carbocycles. The molecule has 6 heteroatoms. The zero-order chi connectivity index (χ0) is 19.1. The van der Waals surface area contributed by atoms with Gasteiger partial charge in [0.1, 0.15) is 16.9 Å². The van der Waals surface area contributed by atoms with Gasteiger partial charge < -0.3 is 9.84 Å². The van der Waals surface area contributed by atoms with Crippen LogP contribution in [0.2, 0.25) is 0 Å². The molecular weight excluding hydrogens is 388 g/mol. The van der Waals surface area contributed by atoms with Crippen LogP contribution in [0.3, 0.4) is 0 Å². The summed E-state index contributed by atoms with van der Waals surface area (Å²) in [5.74, 6) is 0.807. The molecule has 0 radical (unpaired) electrons. The molecule has 0 aliphatic heterocycles. The van der Waals surface area contributed by atoms with Crippen molar-refractivity contribution >= 4 is 43.7 Å². The second-order valence-corrected chi connectivity index (χ2v) is 8.26. The van der Waals surface area contributed by atoms with Crippen molar-refractivity contribution in [2.75, 3.05) is 7.11 Å². The van der Waals surface area contributed by atoms with Crippen LogP contribution in [-0.4, -0.2) is 22.2 Å². The third kappa shape index (κ3) is 2.77. The van der Waals surface area contributed by atoms with Gasteiger partial charge in [-0.25, -0.2) is 4.98 Å². The largest absolute Gasteiger partial charge is 0.496 e. The first-order chi connectivity index (χ1) is 13.8. The van der Waals surface area contributed by atoms with E-state index in [4.69, 9.17) is 4.74 Å². The van der Waals surface area contributed by atoms with Gasteiger partial charge in [-0.2, -0.15) is 0 Å². The molecule has 0 spiro atoms. The zero-order valence-electron chi connectivity index (χ0n) is 15.0. The van der Waals surface area contributed by atoms with Crippen molar-refractivity contribution in [3.8, 4) is 16.9 Å². The Bertz CT molecular complexity index is 1260. The summed E-state index contributed by atoms with van der Waals surface area (Å²) in [6.07, 6.45) is 2.91. The molecule has 1 atom stereocenters. The molecule has 138 valence electrons. The maximum Gasteiger partial charge on any atom is 0.131 e. The summed E-state index contributed by atoms with van der Waals surface area (Å²) >= 11 is 3.13. The van der Waals surface area contributed by atoms with E-state index in [1.807, 2.05) is 48.0 Å². The van der Waals surface area contributed by atoms with Crippen LogP contribution in [-0.2, 0) is 0 Å². The van der Waals surface area contributed by atoms with E-state index < -0.39 is 6.10 Å². The molecule has 0 aliphatic carbocycles. The molecule has 1 N–H and O–H groups in total. The molecule has 3 heterocycles. The first-order valence-electron chi connectivity index (χ1n) is 8.77. The van der Waals surface area contributed by atoms with E-state index in [-0.39, 0.29) is 0 Å². The van der Waals surface area contributed by atoms with Gasteiger partial charge in [0, 0.05) is 34.1 Å². The molecule has 28 heavy (non-hydrogen) atoms. The molecule has 0 fully saturated rings. The number of thiazole rings is 1. The molecule has 0 aliphatic rings. The minimum Gasteiger partial charge on any atom is -0.496 e. The molecule has 5 rings (SSSR count). The summed E-state index contributed by atoms with van der Waals surface area (Å²) in [4.78, 5) is 8.84. The van der Waals surface area contributed by atoms with Gasteiger partial charge >= 0.3 is 0 Å². The molecule has 0 amide bonds. The van der Waals surface area contributed by atoms with Crippen LogP contribution in [0.15, 0.2) is 65.6 Å². The van der Waals surface area contributed by atoms with E-state index in [1.165, 1.54) is 16.7 Å². The van der Waals surface area contributed by atoms with Gasteiger partial charge in [0.05, 0.1) is 17.3 Å². The maximum absolute atomic E-state index is 10.5. The summed E-state index contributed by atoms with van der Waals surface area (Å²) in [6, 6.07) is 14.0. The fraction of sp³-hybridized carbons (Fsp3) is 0.0909. The lowest BCUT2D eigenvalue weighted by Gasteiger charge is -2.14. The topological polar surface area (TPSA) is 55.2 Å². The lowest BCUT2D eigenvalue weighted by molar-refractivity contribution is 0.220. The van der Waals surface area contributed by atoms with Gasteiger partial charge in [0.2, 0.25) is 0 Å². The molecule has 0 saturated heterocycles. The van der Waals surface area contributed by atoms with Crippen LogP contribution < -0.4 is 4.74 Å². The molecule has 3 aromatic heterocycles. The van der Waals surface area contributed by atoms with Crippen LogP contribution in [0.25, 0.3) is 32.1 Å². The second-order valence-electron chi connectivity index (χ2n) is 6.39. The van der Waals surface area contributed by atoms with E-state index in [0.717, 1.165) is 38.0 Å². The quantitative estimate of drug-likeness (QED) is 0.420. The van der Waals surface area contributed by atoms with Crippen LogP contribution in [0.4, 0.5) is 0 Å². The van der Waals surface area contributed by atoms with E-state index >= 15 is 0 Å². The zero-order valence-corrected chi connectivity index (χ0v) is 16.6. The average Bonchev–Trinajstić information content (AvgIpc) is 3.44. The van der Waals surface area contributed by atoms with Gasteiger partial charge in [-0.15, -0.1) is 22.7 Å². The fourth-order valence-electron chi connectivity index (χ4n) is 3.51. The number of methoxy groups -OCH3 is 1. The smallest absolute Gasteiger partial charge is 0.131 e. The van der Waals surface area contributed by atoms with Crippen molar-refractivity contribution in [1.29, 1.82) is 0 Å². The third-order valence-electron chi connectivity index (χ3n) is 4.85. The van der Waals surface area contributed by atoms with Crippen molar-refractivity contribution in [2.45, 2.75) is 6.10 Å². The van der Waals surface area contributed by atoms with Gasteiger partial charge in [0.25, 0.3) is 0 Å². The Morgan fingerprint density at radius 3 is 2.57 bits per heavy atom. The molecule has 1 unspecified atom stereocenters. The van der Waals surface area contributed by atoms with Crippen molar-refractivity contribution in [1.82, 2.24) is 9.97 Å². The lowest BCUT2D eigenvalue weighted by atomic mass is 9.96. The first-order valence-corrected chi connectivity index (χ1v) is 10.5. The number of thiophene rings is 1. The first kappa shape index (κ1) is 17.3. The number of hydrogen-bond acceptors (Lipinski definition) is 6. The highest BCUT2D eigenvalue weighted by molar-refractivity contribution is 7.17. The number of fused-ring (bicyclic) bond motifs is 3. The number of aliphatic hydroxyl groups is 1. The Hall–Kier alpha value is -2.80. The second kappa shape index (κ2) is 6.98.